The molecule has 0 bridgehead atoms. The Kier molecular flexibility index (Phi) is 6.88. The number of hydrogen-bond acceptors (Lipinski definition) is 5. The summed E-state index contributed by atoms with van der Waals surface area (Å²) in [5, 5.41) is 10.9. The van der Waals surface area contributed by atoms with Crippen LogP contribution in [0.1, 0.15) is 12.8 Å². The molecule has 166 valence electrons. The Labute approximate surface area is 199 Å². The van der Waals surface area contributed by atoms with Gasteiger partial charge in [-0.1, -0.05) is 23.2 Å². The number of rotatable bonds is 5. The zero-order valence-electron chi connectivity index (χ0n) is 16.9. The highest BCUT2D eigenvalue weighted by atomic mass is 35.5. The van der Waals surface area contributed by atoms with Gasteiger partial charge in [-0.2, -0.15) is 5.10 Å². The summed E-state index contributed by atoms with van der Waals surface area (Å²) < 4.78 is 2.01. The van der Waals surface area contributed by atoms with Crippen LogP contribution in [0.3, 0.4) is 0 Å². The molecule has 1 fully saturated rings. The van der Waals surface area contributed by atoms with Crippen molar-refractivity contribution in [3.8, 4) is 11.4 Å². The van der Waals surface area contributed by atoms with Crippen molar-refractivity contribution in [3.05, 3.63) is 57.4 Å². The molecule has 8 nitrogen and oxygen atoms in total. The molecule has 11 heteroatoms. The summed E-state index contributed by atoms with van der Waals surface area (Å²) in [4.78, 5) is 31.5. The molecule has 0 spiro atoms. The summed E-state index contributed by atoms with van der Waals surface area (Å²) in [5.41, 5.74) is 0.793. The number of benzene rings is 1. The van der Waals surface area contributed by atoms with Crippen molar-refractivity contribution >= 4 is 53.1 Å². The van der Waals surface area contributed by atoms with Crippen molar-refractivity contribution in [2.75, 3.05) is 18.4 Å². The van der Waals surface area contributed by atoms with Crippen LogP contribution in [0.5, 0.6) is 0 Å². The van der Waals surface area contributed by atoms with Crippen LogP contribution in [0, 0.1) is 10.7 Å². The van der Waals surface area contributed by atoms with Crippen molar-refractivity contribution in [2.24, 2.45) is 5.92 Å². The summed E-state index contributed by atoms with van der Waals surface area (Å²) in [6.07, 6.45) is 2.91. The van der Waals surface area contributed by atoms with Crippen LogP contribution in [-0.2, 0) is 16.1 Å². The van der Waals surface area contributed by atoms with E-state index in [4.69, 9.17) is 35.4 Å². The van der Waals surface area contributed by atoms with E-state index in [0.29, 0.717) is 46.0 Å². The van der Waals surface area contributed by atoms with Crippen LogP contribution in [0.4, 0.5) is 5.82 Å². The molecule has 4 rings (SSSR count). The number of pyridine rings is 1. The predicted molar refractivity (Wildman–Crippen MR) is 125 cm³/mol. The van der Waals surface area contributed by atoms with E-state index >= 15 is 0 Å². The third kappa shape index (κ3) is 5.17. The van der Waals surface area contributed by atoms with Crippen LogP contribution in [0.25, 0.3) is 11.4 Å². The fourth-order valence-corrected chi connectivity index (χ4v) is 4.05. The minimum absolute atomic E-state index is 0.0281. The number of carbonyl (C=O) groups is 2. The summed E-state index contributed by atoms with van der Waals surface area (Å²) in [5.74, 6) is 0.373. The Balaban J connectivity index is 1.43. The van der Waals surface area contributed by atoms with Crippen LogP contribution >= 0.6 is 35.4 Å². The van der Waals surface area contributed by atoms with Crippen molar-refractivity contribution in [3.63, 3.8) is 0 Å². The molecule has 0 radical (unpaired) electrons. The SMILES string of the molecule is O=C(Nc1ccc(Cl)cn1)C1CCCN(C(=O)Cn2c(-c3ccc(Cl)cc3)n[nH]c2=S)C1. The molecule has 1 aliphatic rings. The summed E-state index contributed by atoms with van der Waals surface area (Å²) >= 11 is 17.1. The third-order valence-corrected chi connectivity index (χ3v) is 6.06. The first-order valence-electron chi connectivity index (χ1n) is 10.0. The van der Waals surface area contributed by atoms with Gasteiger partial charge in [0.15, 0.2) is 10.6 Å². The molecule has 1 aromatic carbocycles. The topological polar surface area (TPSA) is 95.9 Å². The van der Waals surface area contributed by atoms with Crippen molar-refractivity contribution in [1.82, 2.24) is 24.6 Å². The number of halogens is 2. The number of H-pyrrole nitrogens is 1. The molecule has 1 aliphatic heterocycles. The Hall–Kier alpha value is -2.75. The van der Waals surface area contributed by atoms with Gasteiger partial charge in [0.25, 0.3) is 0 Å². The molecular formula is C21H20Cl2N6O2S. The van der Waals surface area contributed by atoms with Gasteiger partial charge in [0.05, 0.1) is 10.9 Å². The van der Waals surface area contributed by atoms with Crippen LogP contribution < -0.4 is 5.32 Å². The van der Waals surface area contributed by atoms with E-state index in [-0.39, 0.29) is 24.3 Å². The Bertz CT molecular complexity index is 1180. The second kappa shape index (κ2) is 9.81. The second-order valence-corrected chi connectivity index (χ2v) is 8.73. The maximum atomic E-state index is 13.1. The van der Waals surface area contributed by atoms with Crippen LogP contribution in [0.15, 0.2) is 42.6 Å². The van der Waals surface area contributed by atoms with E-state index < -0.39 is 0 Å². The second-order valence-electron chi connectivity index (χ2n) is 7.48. The minimum Gasteiger partial charge on any atom is -0.340 e. The summed E-state index contributed by atoms with van der Waals surface area (Å²) in [7, 11) is 0. The first-order chi connectivity index (χ1) is 15.4. The van der Waals surface area contributed by atoms with E-state index in [0.717, 1.165) is 12.0 Å². The molecular weight excluding hydrogens is 471 g/mol. The number of nitrogens with one attached hydrogen (secondary N) is 2. The van der Waals surface area contributed by atoms with Gasteiger partial charge in [-0.25, -0.2) is 4.98 Å². The van der Waals surface area contributed by atoms with E-state index in [9.17, 15) is 9.59 Å². The lowest BCUT2D eigenvalue weighted by atomic mass is 9.97. The zero-order chi connectivity index (χ0) is 22.7. The lowest BCUT2D eigenvalue weighted by molar-refractivity contribution is -0.135. The number of nitrogens with zero attached hydrogens (tertiary/aromatic N) is 4. The molecule has 2 N–H and O–H groups in total. The number of likely N-dealkylation sites (tertiary alicyclic amines) is 1. The van der Waals surface area contributed by atoms with Gasteiger partial charge in [-0.15, -0.1) is 0 Å². The fourth-order valence-electron chi connectivity index (χ4n) is 3.61. The average molecular weight is 491 g/mol. The molecule has 0 aliphatic carbocycles. The molecule has 2 amide bonds. The van der Waals surface area contributed by atoms with E-state index in [1.54, 1.807) is 33.7 Å². The van der Waals surface area contributed by atoms with Crippen LogP contribution in [-0.4, -0.2) is 49.6 Å². The standard InChI is InChI=1S/C21H20Cl2N6O2S/c22-15-5-3-13(4-6-15)19-26-27-21(32)29(19)12-18(30)28-9-1-2-14(11-28)20(31)25-17-8-7-16(23)10-24-17/h3-8,10,14H,1-2,9,11-12H2,(H,27,32)(H,24,25,31). The molecule has 3 aromatic rings. The number of amides is 2. The number of hydrogen-bond donors (Lipinski definition) is 2. The number of anilines is 1. The number of carbonyl (C=O) groups excluding carboxylic acids is 2. The van der Waals surface area contributed by atoms with E-state index in [1.807, 2.05) is 12.1 Å². The molecule has 1 unspecified atom stereocenters. The normalized spacial score (nSPS) is 16.1. The monoisotopic (exact) mass is 490 g/mol. The van der Waals surface area contributed by atoms with E-state index in [1.165, 1.54) is 6.20 Å². The lowest BCUT2D eigenvalue weighted by Crippen LogP contribution is -2.45. The Morgan fingerprint density at radius 2 is 1.91 bits per heavy atom. The highest BCUT2D eigenvalue weighted by Gasteiger charge is 2.29. The molecule has 32 heavy (non-hydrogen) atoms. The largest absolute Gasteiger partial charge is 0.340 e. The van der Waals surface area contributed by atoms with Gasteiger partial charge in [0.2, 0.25) is 11.8 Å². The highest BCUT2D eigenvalue weighted by Crippen LogP contribution is 2.22. The highest BCUT2D eigenvalue weighted by molar-refractivity contribution is 7.71. The lowest BCUT2D eigenvalue weighted by Gasteiger charge is -2.32. The quantitative estimate of drug-likeness (QED) is 0.522. The molecule has 1 atom stereocenters. The molecule has 0 saturated carbocycles. The minimum atomic E-state index is -0.321. The number of piperidine rings is 1. The summed E-state index contributed by atoms with van der Waals surface area (Å²) in [6, 6.07) is 10.5. The van der Waals surface area contributed by atoms with Crippen molar-refractivity contribution in [1.29, 1.82) is 0 Å². The van der Waals surface area contributed by atoms with Gasteiger partial charge in [0, 0.05) is 29.9 Å². The maximum Gasteiger partial charge on any atom is 0.242 e. The molecule has 1 saturated heterocycles. The predicted octanol–water partition coefficient (Wildman–Crippen LogP) is 4.19. The van der Waals surface area contributed by atoms with Gasteiger partial charge in [-0.05, 0) is 61.5 Å². The first kappa shape index (κ1) is 22.4. The zero-order valence-corrected chi connectivity index (χ0v) is 19.3. The number of aromatic amines is 1. The molecule has 3 heterocycles. The van der Waals surface area contributed by atoms with Gasteiger partial charge in [0.1, 0.15) is 12.4 Å². The van der Waals surface area contributed by atoms with Gasteiger partial charge in [-0.3, -0.25) is 19.3 Å². The Morgan fingerprint density at radius 1 is 1.16 bits per heavy atom. The van der Waals surface area contributed by atoms with Crippen molar-refractivity contribution in [2.45, 2.75) is 19.4 Å². The fraction of sp³-hybridized carbons (Fsp3) is 0.286. The van der Waals surface area contributed by atoms with Gasteiger partial charge >= 0.3 is 0 Å². The number of aromatic nitrogens is 4. The van der Waals surface area contributed by atoms with Crippen LogP contribution in [0.2, 0.25) is 10.0 Å². The molecule has 2 aromatic heterocycles. The smallest absolute Gasteiger partial charge is 0.242 e. The first-order valence-corrected chi connectivity index (χ1v) is 11.2. The van der Waals surface area contributed by atoms with Crippen molar-refractivity contribution < 1.29 is 9.59 Å². The summed E-state index contributed by atoms with van der Waals surface area (Å²) in [6.45, 7) is 0.948. The Morgan fingerprint density at radius 3 is 2.62 bits per heavy atom. The van der Waals surface area contributed by atoms with E-state index in [2.05, 4.69) is 20.5 Å². The average Bonchev–Trinajstić information content (AvgIpc) is 3.16. The van der Waals surface area contributed by atoms with Gasteiger partial charge < -0.3 is 10.2 Å². The third-order valence-electron chi connectivity index (χ3n) is 5.28. The maximum absolute atomic E-state index is 13.1.